The van der Waals surface area contributed by atoms with Crippen LogP contribution in [0, 0.1) is 5.92 Å². The minimum atomic E-state index is -0.266. The van der Waals surface area contributed by atoms with Crippen LogP contribution in [0.4, 0.5) is 0 Å². The highest BCUT2D eigenvalue weighted by Crippen LogP contribution is 2.25. The lowest BCUT2D eigenvalue weighted by Gasteiger charge is -2.14. The van der Waals surface area contributed by atoms with Crippen molar-refractivity contribution < 1.29 is 14.6 Å². The van der Waals surface area contributed by atoms with E-state index in [4.69, 9.17) is 4.74 Å². The second kappa shape index (κ2) is 6.40. The lowest BCUT2D eigenvalue weighted by Crippen LogP contribution is -2.33. The Bertz CT molecular complexity index is 665. The number of aliphatic hydroxyl groups is 1. The number of benzene rings is 1. The summed E-state index contributed by atoms with van der Waals surface area (Å²) in [5.74, 6) is 0.970. The van der Waals surface area contributed by atoms with Gasteiger partial charge in [0.25, 0.3) is 0 Å². The fraction of sp³-hybridized carbons (Fsp3) is 0.471. The number of hydrogen-bond acceptors (Lipinski definition) is 3. The van der Waals surface area contributed by atoms with Crippen molar-refractivity contribution in [3.63, 3.8) is 0 Å². The molecule has 1 aromatic heterocycles. The molecule has 118 valence electrons. The van der Waals surface area contributed by atoms with Crippen LogP contribution in [-0.4, -0.2) is 35.8 Å². The van der Waals surface area contributed by atoms with Gasteiger partial charge in [0.2, 0.25) is 5.91 Å². The van der Waals surface area contributed by atoms with Crippen LogP contribution in [-0.2, 0) is 11.2 Å². The van der Waals surface area contributed by atoms with E-state index < -0.39 is 0 Å². The second-order valence-electron chi connectivity index (χ2n) is 5.96. The molecule has 1 saturated carbocycles. The van der Waals surface area contributed by atoms with Crippen LogP contribution in [0.3, 0.4) is 0 Å². The van der Waals surface area contributed by atoms with Gasteiger partial charge >= 0.3 is 0 Å². The molecule has 1 heterocycles. The van der Waals surface area contributed by atoms with Crippen molar-refractivity contribution in [2.75, 3.05) is 13.7 Å². The molecule has 1 amide bonds. The summed E-state index contributed by atoms with van der Waals surface area (Å²) in [6, 6.07) is 5.78. The molecular formula is C17H22N2O3. The third-order valence-corrected chi connectivity index (χ3v) is 4.51. The third-order valence-electron chi connectivity index (χ3n) is 4.51. The van der Waals surface area contributed by atoms with Crippen molar-refractivity contribution in [1.82, 2.24) is 10.3 Å². The molecule has 0 saturated heterocycles. The summed E-state index contributed by atoms with van der Waals surface area (Å²) in [6.07, 6.45) is 4.82. The Morgan fingerprint density at radius 1 is 1.45 bits per heavy atom. The Morgan fingerprint density at radius 2 is 2.32 bits per heavy atom. The smallest absolute Gasteiger partial charge is 0.224 e. The summed E-state index contributed by atoms with van der Waals surface area (Å²) in [5, 5.41) is 13.7. The van der Waals surface area contributed by atoms with Gasteiger partial charge in [-0.1, -0.05) is 6.42 Å². The number of rotatable bonds is 5. The zero-order chi connectivity index (χ0) is 15.5. The van der Waals surface area contributed by atoms with E-state index in [0.29, 0.717) is 13.0 Å². The molecule has 2 atom stereocenters. The Labute approximate surface area is 129 Å². The maximum absolute atomic E-state index is 12.1. The highest BCUT2D eigenvalue weighted by atomic mass is 16.5. The van der Waals surface area contributed by atoms with E-state index in [0.717, 1.165) is 41.5 Å². The van der Waals surface area contributed by atoms with Crippen molar-refractivity contribution in [2.45, 2.75) is 31.8 Å². The molecule has 5 heteroatoms. The number of methoxy groups -OCH3 is 1. The average molecular weight is 302 g/mol. The molecule has 2 aromatic rings. The molecule has 2 unspecified atom stereocenters. The van der Waals surface area contributed by atoms with E-state index >= 15 is 0 Å². The number of carbonyl (C=O) groups is 1. The van der Waals surface area contributed by atoms with E-state index in [-0.39, 0.29) is 17.9 Å². The Morgan fingerprint density at radius 3 is 3.05 bits per heavy atom. The number of ether oxygens (including phenoxy) is 1. The molecular weight excluding hydrogens is 280 g/mol. The highest BCUT2D eigenvalue weighted by Gasteiger charge is 2.25. The molecule has 1 aliphatic carbocycles. The highest BCUT2D eigenvalue weighted by molar-refractivity contribution is 5.89. The fourth-order valence-corrected chi connectivity index (χ4v) is 3.17. The summed E-state index contributed by atoms with van der Waals surface area (Å²) in [5.41, 5.74) is 1.95. The summed E-state index contributed by atoms with van der Waals surface area (Å²) >= 11 is 0. The van der Waals surface area contributed by atoms with Gasteiger partial charge in [0.1, 0.15) is 5.75 Å². The number of amides is 1. The zero-order valence-corrected chi connectivity index (χ0v) is 12.8. The first-order valence-electron chi connectivity index (χ1n) is 7.76. The van der Waals surface area contributed by atoms with E-state index in [1.54, 1.807) is 7.11 Å². The number of fused-ring (bicyclic) bond motifs is 1. The largest absolute Gasteiger partial charge is 0.497 e. The van der Waals surface area contributed by atoms with Crippen LogP contribution < -0.4 is 10.1 Å². The van der Waals surface area contributed by atoms with Gasteiger partial charge in [-0.15, -0.1) is 0 Å². The predicted molar refractivity (Wildman–Crippen MR) is 84.9 cm³/mol. The van der Waals surface area contributed by atoms with Gasteiger partial charge in [-0.05, 0) is 36.6 Å². The van der Waals surface area contributed by atoms with Crippen LogP contribution in [0.25, 0.3) is 10.9 Å². The summed E-state index contributed by atoms with van der Waals surface area (Å²) in [4.78, 5) is 15.3. The number of aromatic nitrogens is 1. The molecule has 22 heavy (non-hydrogen) atoms. The molecule has 0 radical (unpaired) electrons. The van der Waals surface area contributed by atoms with Gasteiger partial charge in [-0.2, -0.15) is 0 Å². The number of H-pyrrole nitrogens is 1. The number of nitrogens with one attached hydrogen (secondary N) is 2. The standard InChI is InChI=1S/C17H22N2O3/c1-22-13-5-6-15-14(8-13)12(10-18-15)7-17(21)19-9-11-3-2-4-16(11)20/h5-6,8,10-11,16,18,20H,2-4,7,9H2,1H3,(H,19,21). The molecule has 5 nitrogen and oxygen atoms in total. The third kappa shape index (κ3) is 3.09. The molecule has 1 fully saturated rings. The lowest BCUT2D eigenvalue weighted by molar-refractivity contribution is -0.120. The van der Waals surface area contributed by atoms with Crippen molar-refractivity contribution in [2.24, 2.45) is 5.92 Å². The number of aromatic amines is 1. The molecule has 0 bridgehead atoms. The van der Waals surface area contributed by atoms with E-state index in [1.807, 2.05) is 24.4 Å². The van der Waals surface area contributed by atoms with E-state index in [9.17, 15) is 9.90 Å². The first-order chi connectivity index (χ1) is 10.7. The number of aliphatic hydroxyl groups excluding tert-OH is 1. The predicted octanol–water partition coefficient (Wildman–Crippen LogP) is 2.00. The molecule has 1 aliphatic rings. The summed E-state index contributed by atoms with van der Waals surface area (Å²) in [7, 11) is 1.63. The zero-order valence-electron chi connectivity index (χ0n) is 12.8. The summed E-state index contributed by atoms with van der Waals surface area (Å²) in [6.45, 7) is 0.561. The maximum atomic E-state index is 12.1. The topological polar surface area (TPSA) is 74.4 Å². The first-order valence-corrected chi connectivity index (χ1v) is 7.76. The van der Waals surface area contributed by atoms with Crippen molar-refractivity contribution in [3.8, 4) is 5.75 Å². The van der Waals surface area contributed by atoms with Crippen LogP contribution in [0.2, 0.25) is 0 Å². The summed E-state index contributed by atoms with van der Waals surface area (Å²) < 4.78 is 5.24. The lowest BCUT2D eigenvalue weighted by atomic mass is 10.1. The maximum Gasteiger partial charge on any atom is 0.224 e. The van der Waals surface area contributed by atoms with E-state index in [1.165, 1.54) is 0 Å². The van der Waals surface area contributed by atoms with Gasteiger partial charge in [-0.3, -0.25) is 4.79 Å². The second-order valence-corrected chi connectivity index (χ2v) is 5.96. The SMILES string of the molecule is COc1ccc2[nH]cc(CC(=O)NCC3CCCC3O)c2c1. The van der Waals surface area contributed by atoms with Gasteiger partial charge in [0.15, 0.2) is 0 Å². The van der Waals surface area contributed by atoms with Crippen molar-refractivity contribution in [3.05, 3.63) is 30.0 Å². The average Bonchev–Trinajstić information content (AvgIpc) is 3.11. The van der Waals surface area contributed by atoms with Gasteiger partial charge in [0, 0.05) is 29.6 Å². The van der Waals surface area contributed by atoms with Crippen molar-refractivity contribution >= 4 is 16.8 Å². The van der Waals surface area contributed by atoms with E-state index in [2.05, 4.69) is 10.3 Å². The molecule has 0 spiro atoms. The number of hydrogen-bond donors (Lipinski definition) is 3. The molecule has 1 aromatic carbocycles. The van der Waals surface area contributed by atoms with Gasteiger partial charge in [0.05, 0.1) is 19.6 Å². The molecule has 0 aliphatic heterocycles. The normalized spacial score (nSPS) is 21.2. The fourth-order valence-electron chi connectivity index (χ4n) is 3.17. The van der Waals surface area contributed by atoms with Gasteiger partial charge < -0.3 is 20.1 Å². The Kier molecular flexibility index (Phi) is 4.34. The monoisotopic (exact) mass is 302 g/mol. The van der Waals surface area contributed by atoms with Crippen molar-refractivity contribution in [1.29, 1.82) is 0 Å². The van der Waals surface area contributed by atoms with Gasteiger partial charge in [-0.25, -0.2) is 0 Å². The van der Waals surface area contributed by atoms with Crippen LogP contribution in [0.1, 0.15) is 24.8 Å². The minimum Gasteiger partial charge on any atom is -0.497 e. The first kappa shape index (κ1) is 14.9. The van der Waals surface area contributed by atoms with Crippen LogP contribution in [0.5, 0.6) is 5.75 Å². The van der Waals surface area contributed by atoms with Crippen LogP contribution in [0.15, 0.2) is 24.4 Å². The van der Waals surface area contributed by atoms with Crippen LogP contribution >= 0.6 is 0 Å². The minimum absolute atomic E-state index is 0.0113. The molecule has 3 N–H and O–H groups in total. The quantitative estimate of drug-likeness (QED) is 0.791. The number of carbonyl (C=O) groups excluding carboxylic acids is 1. The Hall–Kier alpha value is -2.01. The molecule has 3 rings (SSSR count). The Balaban J connectivity index is 1.63.